The molecule has 0 fully saturated rings. The molecule has 0 aromatic carbocycles. The van der Waals surface area contributed by atoms with Gasteiger partial charge in [-0.3, -0.25) is 0 Å². The Bertz CT molecular complexity index is 376. The normalized spacial score (nSPS) is 11.6. The van der Waals surface area contributed by atoms with E-state index in [9.17, 15) is 0 Å². The maximum atomic E-state index is 5.27. The molecule has 0 amide bonds. The third-order valence-corrected chi connectivity index (χ3v) is 19.5. The average Bonchev–Trinajstić information content (AvgIpc) is 2.54. The molecular weight excluding hydrogens is 367 g/mol. The Kier molecular flexibility index (Phi) is 9.29. The van der Waals surface area contributed by atoms with Gasteiger partial charge in [-0.25, -0.2) is 0 Å². The molecule has 0 aliphatic carbocycles. The predicted molar refractivity (Wildman–Crippen MR) is 93.1 cm³/mol. The molecule has 0 bridgehead atoms. The first-order valence-corrected chi connectivity index (χ1v) is 16.1. The number of nitrogens with zero attached hydrogens (tertiary/aromatic N) is 2. The maximum absolute atomic E-state index is 5.27. The van der Waals surface area contributed by atoms with Gasteiger partial charge in [0.05, 0.1) is 0 Å². The van der Waals surface area contributed by atoms with E-state index in [0.29, 0.717) is 6.01 Å². The zero-order chi connectivity index (χ0) is 15.6. The van der Waals surface area contributed by atoms with Crippen LogP contribution in [0.1, 0.15) is 59.3 Å². The van der Waals surface area contributed by atoms with Crippen LogP contribution in [0.25, 0.3) is 0 Å². The van der Waals surface area contributed by atoms with E-state index in [-0.39, 0.29) is 0 Å². The van der Waals surface area contributed by atoms with Crippen LogP contribution < -0.4 is 8.45 Å². The van der Waals surface area contributed by atoms with E-state index in [1.54, 1.807) is 7.11 Å². The second kappa shape index (κ2) is 10.4. The third-order valence-electron chi connectivity index (χ3n) is 4.39. The first kappa shape index (κ1) is 18.7. The van der Waals surface area contributed by atoms with Crippen LogP contribution >= 0.6 is 0 Å². The quantitative estimate of drug-likeness (QED) is 0.513. The molecule has 0 radical (unpaired) electrons. The summed E-state index contributed by atoms with van der Waals surface area (Å²) in [7, 11) is 1.67. The van der Waals surface area contributed by atoms with E-state index >= 15 is 0 Å². The van der Waals surface area contributed by atoms with Crippen LogP contribution in [0, 0.1) is 0 Å². The van der Waals surface area contributed by atoms with Crippen LogP contribution in [-0.4, -0.2) is 35.5 Å². The van der Waals surface area contributed by atoms with Crippen LogP contribution in [0.15, 0.2) is 12.3 Å². The monoisotopic (exact) mass is 400 g/mol. The Morgan fingerprint density at radius 2 is 1.48 bits per heavy atom. The van der Waals surface area contributed by atoms with Gasteiger partial charge in [0, 0.05) is 0 Å². The zero-order valence-corrected chi connectivity index (χ0v) is 17.2. The molecule has 0 spiro atoms. The third kappa shape index (κ3) is 5.76. The minimum absolute atomic E-state index is 0.554. The Morgan fingerprint density at radius 1 is 0.952 bits per heavy atom. The molecule has 21 heavy (non-hydrogen) atoms. The molecule has 1 aromatic heterocycles. The Labute approximate surface area is 134 Å². The number of ether oxygens (including phenoxy) is 1. The summed E-state index contributed by atoms with van der Waals surface area (Å²) in [6.07, 6.45) is 9.84. The predicted octanol–water partition coefficient (Wildman–Crippen LogP) is 4.54. The van der Waals surface area contributed by atoms with Crippen molar-refractivity contribution in [3.8, 4) is 6.01 Å². The van der Waals surface area contributed by atoms with Crippen molar-refractivity contribution in [1.29, 1.82) is 0 Å². The van der Waals surface area contributed by atoms with E-state index in [0.717, 1.165) is 0 Å². The van der Waals surface area contributed by atoms with E-state index in [1.807, 2.05) is 6.20 Å². The first-order valence-electron chi connectivity index (χ1n) is 8.60. The Morgan fingerprint density at radius 3 is 1.90 bits per heavy atom. The van der Waals surface area contributed by atoms with Crippen molar-refractivity contribution in [1.82, 2.24) is 9.97 Å². The summed E-state index contributed by atoms with van der Waals surface area (Å²) in [5, 5.41) is 0. The number of unbranched alkanes of at least 4 members (excludes halogenated alkanes) is 3. The van der Waals surface area contributed by atoms with Crippen LogP contribution in [0.2, 0.25) is 13.3 Å². The van der Waals surface area contributed by atoms with E-state index in [2.05, 4.69) is 31.8 Å². The van der Waals surface area contributed by atoms with Gasteiger partial charge in [-0.15, -0.1) is 0 Å². The molecule has 0 aliphatic heterocycles. The number of hydrogen-bond acceptors (Lipinski definition) is 3. The van der Waals surface area contributed by atoms with Crippen molar-refractivity contribution >= 4 is 22.1 Å². The second-order valence-corrected chi connectivity index (χ2v) is 19.1. The fourth-order valence-electron chi connectivity index (χ4n) is 3.04. The summed E-state index contributed by atoms with van der Waals surface area (Å²) in [5.41, 5.74) is 0. The van der Waals surface area contributed by atoms with Gasteiger partial charge in [-0.1, -0.05) is 0 Å². The van der Waals surface area contributed by atoms with Gasteiger partial charge in [0.25, 0.3) is 0 Å². The van der Waals surface area contributed by atoms with Gasteiger partial charge in [-0.05, 0) is 0 Å². The van der Waals surface area contributed by atoms with Gasteiger partial charge >= 0.3 is 135 Å². The number of hydrogen-bond donors (Lipinski definition) is 0. The fourth-order valence-corrected chi connectivity index (χ4v) is 18.4. The molecule has 0 N–H and O–H groups in total. The van der Waals surface area contributed by atoms with Crippen molar-refractivity contribution in [3.63, 3.8) is 0 Å². The standard InChI is InChI=1S/C5H5N2O.3C4H9.Sn/c1-8-5-6-3-2-4-7-5;3*1-3-4-2;/h2-3H,1H3;3*1,3-4H2,2H3;. The summed E-state index contributed by atoms with van der Waals surface area (Å²) < 4.78 is 11.0. The van der Waals surface area contributed by atoms with Crippen molar-refractivity contribution in [3.05, 3.63) is 12.3 Å². The molecule has 0 atom stereocenters. The van der Waals surface area contributed by atoms with Crippen LogP contribution in [0.4, 0.5) is 0 Å². The Hall–Kier alpha value is -0.321. The van der Waals surface area contributed by atoms with Gasteiger partial charge in [0.2, 0.25) is 0 Å². The van der Waals surface area contributed by atoms with Crippen molar-refractivity contribution in [2.45, 2.75) is 72.6 Å². The topological polar surface area (TPSA) is 35.0 Å². The molecule has 0 unspecified atom stereocenters. The van der Waals surface area contributed by atoms with E-state index in [4.69, 9.17) is 9.72 Å². The van der Waals surface area contributed by atoms with E-state index < -0.39 is 18.4 Å². The summed E-state index contributed by atoms with van der Waals surface area (Å²) in [6.45, 7) is 6.91. The van der Waals surface area contributed by atoms with E-state index in [1.165, 1.54) is 55.5 Å². The SMILES string of the molecule is CCC[CH2][Sn]([CH2]CCC)([CH2]CCC)[c]1ccnc(OC)n1. The Balaban J connectivity index is 3.09. The van der Waals surface area contributed by atoms with Gasteiger partial charge in [0.15, 0.2) is 0 Å². The molecule has 0 aliphatic rings. The van der Waals surface area contributed by atoms with Crippen molar-refractivity contribution in [2.75, 3.05) is 7.11 Å². The minimum atomic E-state index is -2.39. The molecule has 3 nitrogen and oxygen atoms in total. The molecule has 1 heterocycles. The molecule has 0 saturated heterocycles. The van der Waals surface area contributed by atoms with Crippen LogP contribution in [0.3, 0.4) is 0 Å². The number of methoxy groups -OCH3 is 1. The van der Waals surface area contributed by atoms with Gasteiger partial charge in [-0.2, -0.15) is 0 Å². The van der Waals surface area contributed by atoms with Crippen molar-refractivity contribution < 1.29 is 4.74 Å². The fraction of sp³-hybridized carbons (Fsp3) is 0.765. The number of rotatable bonds is 11. The molecule has 1 aromatic rings. The van der Waals surface area contributed by atoms with Gasteiger partial charge in [0.1, 0.15) is 0 Å². The molecule has 4 heteroatoms. The molecule has 1 rings (SSSR count). The molecule has 120 valence electrons. The summed E-state index contributed by atoms with van der Waals surface area (Å²) in [5.74, 6) is 0. The summed E-state index contributed by atoms with van der Waals surface area (Å²) >= 11 is -2.39. The van der Waals surface area contributed by atoms with Crippen molar-refractivity contribution in [2.24, 2.45) is 0 Å². The first-order chi connectivity index (χ1) is 10.2. The number of aromatic nitrogens is 2. The molecular formula is C17H32N2OSn. The van der Waals surface area contributed by atoms with Crippen LogP contribution in [-0.2, 0) is 0 Å². The second-order valence-electron chi connectivity index (χ2n) is 6.02. The summed E-state index contributed by atoms with van der Waals surface area (Å²) in [6, 6.07) is 2.75. The summed E-state index contributed by atoms with van der Waals surface area (Å²) in [4.78, 5) is 8.99. The van der Waals surface area contributed by atoms with Crippen LogP contribution in [0.5, 0.6) is 6.01 Å². The average molecular weight is 399 g/mol. The molecule has 0 saturated carbocycles. The zero-order valence-electron chi connectivity index (χ0n) is 14.3. The van der Waals surface area contributed by atoms with Gasteiger partial charge < -0.3 is 0 Å².